The molecule has 1 unspecified atom stereocenters. The van der Waals surface area contributed by atoms with Crippen LogP contribution in [0.5, 0.6) is 5.88 Å². The van der Waals surface area contributed by atoms with Gasteiger partial charge in [-0.1, -0.05) is 0 Å². The lowest BCUT2D eigenvalue weighted by Crippen LogP contribution is -2.46. The lowest BCUT2D eigenvalue weighted by atomic mass is 10.2. The van der Waals surface area contributed by atoms with E-state index in [0.717, 1.165) is 67.3 Å². The van der Waals surface area contributed by atoms with E-state index in [4.69, 9.17) is 9.47 Å². The molecule has 4 heterocycles. The number of benzene rings is 1. The fraction of sp³-hybridized carbons (Fsp3) is 0.429. The van der Waals surface area contributed by atoms with E-state index >= 15 is 0 Å². The lowest BCUT2D eigenvalue weighted by molar-refractivity contribution is 0.139. The summed E-state index contributed by atoms with van der Waals surface area (Å²) in [7, 11) is 0. The zero-order chi connectivity index (χ0) is 19.6. The van der Waals surface area contributed by atoms with Gasteiger partial charge in [-0.2, -0.15) is 0 Å². The Morgan fingerprint density at radius 2 is 1.93 bits per heavy atom. The number of rotatable bonds is 4. The molecule has 1 atom stereocenters. The van der Waals surface area contributed by atoms with Gasteiger partial charge in [-0.25, -0.2) is 15.0 Å². The number of anilines is 2. The highest BCUT2D eigenvalue weighted by molar-refractivity contribution is 5.86. The van der Waals surface area contributed by atoms with Gasteiger partial charge in [-0.15, -0.1) is 0 Å². The van der Waals surface area contributed by atoms with E-state index in [1.807, 2.05) is 19.2 Å². The first-order valence-corrected chi connectivity index (χ1v) is 10.0. The van der Waals surface area contributed by atoms with Crippen molar-refractivity contribution in [2.24, 2.45) is 0 Å². The van der Waals surface area contributed by atoms with Crippen molar-refractivity contribution >= 4 is 22.4 Å². The molecule has 0 aliphatic carbocycles. The second-order valence-electron chi connectivity index (χ2n) is 7.48. The third-order valence-electron chi connectivity index (χ3n) is 5.46. The van der Waals surface area contributed by atoms with E-state index in [1.54, 1.807) is 12.5 Å². The summed E-state index contributed by atoms with van der Waals surface area (Å²) in [5, 5.41) is 0.948. The van der Waals surface area contributed by atoms with Gasteiger partial charge in [0.05, 0.1) is 36.0 Å². The van der Waals surface area contributed by atoms with E-state index in [-0.39, 0.29) is 6.10 Å². The van der Waals surface area contributed by atoms with E-state index in [9.17, 15) is 0 Å². The SMILES string of the molecule is Cc1cncc(N2CCN(c3ccc4ncnc(OC5CCOC5)c4c3)CC2)n1. The number of aryl methyl sites for hydroxylation is 1. The first-order chi connectivity index (χ1) is 14.3. The largest absolute Gasteiger partial charge is 0.471 e. The lowest BCUT2D eigenvalue weighted by Gasteiger charge is -2.36. The normalized spacial score (nSPS) is 19.7. The maximum Gasteiger partial charge on any atom is 0.224 e. The molecular weight excluding hydrogens is 368 g/mol. The van der Waals surface area contributed by atoms with Crippen LogP contribution in [-0.2, 0) is 4.74 Å². The van der Waals surface area contributed by atoms with Gasteiger partial charge in [0.25, 0.3) is 0 Å². The number of hydrogen-bond donors (Lipinski definition) is 0. The van der Waals surface area contributed by atoms with Crippen molar-refractivity contribution in [2.45, 2.75) is 19.4 Å². The molecular formula is C21H24N6O2. The zero-order valence-electron chi connectivity index (χ0n) is 16.5. The predicted molar refractivity (Wildman–Crippen MR) is 111 cm³/mol. The van der Waals surface area contributed by atoms with E-state index < -0.39 is 0 Å². The Hall–Kier alpha value is -3.00. The van der Waals surface area contributed by atoms with Gasteiger partial charge in [-0.05, 0) is 25.1 Å². The molecule has 0 bridgehead atoms. The Kier molecular flexibility index (Phi) is 4.85. The highest BCUT2D eigenvalue weighted by atomic mass is 16.5. The Morgan fingerprint density at radius 3 is 2.72 bits per heavy atom. The first-order valence-electron chi connectivity index (χ1n) is 10.0. The molecule has 2 aliphatic rings. The van der Waals surface area contributed by atoms with Crippen molar-refractivity contribution in [3.05, 3.63) is 42.6 Å². The molecule has 8 nitrogen and oxygen atoms in total. The molecule has 0 saturated carbocycles. The minimum absolute atomic E-state index is 0.0655. The smallest absolute Gasteiger partial charge is 0.224 e. The molecule has 0 spiro atoms. The molecule has 2 aromatic heterocycles. The van der Waals surface area contributed by atoms with Gasteiger partial charge < -0.3 is 19.3 Å². The highest BCUT2D eigenvalue weighted by Gasteiger charge is 2.21. The summed E-state index contributed by atoms with van der Waals surface area (Å²) in [6.07, 6.45) is 6.15. The standard InChI is InChI=1S/C21H24N6O2/c1-15-11-22-12-20(25-15)27-7-5-26(6-8-27)16-2-3-19-18(10-16)21(24-14-23-19)29-17-4-9-28-13-17/h2-3,10-12,14,17H,4-9,13H2,1H3. The fourth-order valence-corrected chi connectivity index (χ4v) is 3.87. The Morgan fingerprint density at radius 1 is 1.07 bits per heavy atom. The van der Waals surface area contributed by atoms with Crippen molar-refractivity contribution < 1.29 is 9.47 Å². The quantitative estimate of drug-likeness (QED) is 0.669. The molecule has 2 fully saturated rings. The van der Waals surface area contributed by atoms with Crippen molar-refractivity contribution in [1.29, 1.82) is 0 Å². The van der Waals surface area contributed by atoms with Crippen LogP contribution in [0.15, 0.2) is 36.9 Å². The minimum atomic E-state index is 0.0655. The van der Waals surface area contributed by atoms with E-state index in [2.05, 4.69) is 41.9 Å². The zero-order valence-corrected chi connectivity index (χ0v) is 16.5. The maximum absolute atomic E-state index is 6.10. The van der Waals surface area contributed by atoms with Crippen LogP contribution in [0.3, 0.4) is 0 Å². The Balaban J connectivity index is 1.34. The van der Waals surface area contributed by atoms with Crippen LogP contribution in [0.2, 0.25) is 0 Å². The molecule has 2 aliphatic heterocycles. The summed E-state index contributed by atoms with van der Waals surface area (Å²) < 4.78 is 11.5. The maximum atomic E-state index is 6.10. The van der Waals surface area contributed by atoms with Gasteiger partial charge in [-0.3, -0.25) is 4.98 Å². The summed E-state index contributed by atoms with van der Waals surface area (Å²) in [6, 6.07) is 6.31. The average molecular weight is 392 g/mol. The molecule has 2 saturated heterocycles. The monoisotopic (exact) mass is 392 g/mol. The third kappa shape index (κ3) is 3.80. The molecule has 8 heteroatoms. The second kappa shape index (κ2) is 7.79. The van der Waals surface area contributed by atoms with Crippen LogP contribution < -0.4 is 14.5 Å². The second-order valence-corrected chi connectivity index (χ2v) is 7.48. The van der Waals surface area contributed by atoms with E-state index in [0.29, 0.717) is 12.5 Å². The molecule has 0 radical (unpaired) electrons. The number of ether oxygens (including phenoxy) is 2. The van der Waals surface area contributed by atoms with Crippen LogP contribution in [-0.4, -0.2) is 65.4 Å². The fourth-order valence-electron chi connectivity index (χ4n) is 3.87. The van der Waals surface area contributed by atoms with Gasteiger partial charge in [0, 0.05) is 44.5 Å². The number of aromatic nitrogens is 4. The summed E-state index contributed by atoms with van der Waals surface area (Å²) in [4.78, 5) is 22.3. The minimum Gasteiger partial charge on any atom is -0.471 e. The summed E-state index contributed by atoms with van der Waals surface area (Å²) >= 11 is 0. The van der Waals surface area contributed by atoms with E-state index in [1.165, 1.54) is 0 Å². The molecule has 1 aromatic carbocycles. The molecule has 0 N–H and O–H groups in total. The van der Waals surface area contributed by atoms with Gasteiger partial charge in [0.15, 0.2) is 0 Å². The van der Waals surface area contributed by atoms with Crippen molar-refractivity contribution in [2.75, 3.05) is 49.2 Å². The third-order valence-corrected chi connectivity index (χ3v) is 5.46. The predicted octanol–water partition coefficient (Wildman–Crippen LogP) is 2.22. The topological polar surface area (TPSA) is 76.5 Å². The summed E-state index contributed by atoms with van der Waals surface area (Å²) in [6.45, 7) is 6.99. The number of fused-ring (bicyclic) bond motifs is 1. The van der Waals surface area contributed by atoms with Gasteiger partial charge in [0.2, 0.25) is 5.88 Å². The number of piperazine rings is 1. The molecule has 3 aromatic rings. The van der Waals surface area contributed by atoms with Crippen molar-refractivity contribution in [3.63, 3.8) is 0 Å². The van der Waals surface area contributed by atoms with Crippen LogP contribution in [0.25, 0.3) is 10.9 Å². The highest BCUT2D eigenvalue weighted by Crippen LogP contribution is 2.29. The van der Waals surface area contributed by atoms with Crippen LogP contribution >= 0.6 is 0 Å². The Bertz CT molecular complexity index is 999. The molecule has 5 rings (SSSR count). The number of nitrogens with zero attached hydrogens (tertiary/aromatic N) is 6. The van der Waals surface area contributed by atoms with Crippen LogP contribution in [0.1, 0.15) is 12.1 Å². The van der Waals surface area contributed by atoms with Crippen LogP contribution in [0, 0.1) is 6.92 Å². The van der Waals surface area contributed by atoms with Crippen molar-refractivity contribution in [3.8, 4) is 5.88 Å². The average Bonchev–Trinajstić information content (AvgIpc) is 3.27. The van der Waals surface area contributed by atoms with Gasteiger partial charge >= 0.3 is 0 Å². The molecule has 29 heavy (non-hydrogen) atoms. The summed E-state index contributed by atoms with van der Waals surface area (Å²) in [5.74, 6) is 1.59. The van der Waals surface area contributed by atoms with Crippen LogP contribution in [0.4, 0.5) is 11.5 Å². The molecule has 150 valence electrons. The van der Waals surface area contributed by atoms with Gasteiger partial charge in [0.1, 0.15) is 18.2 Å². The van der Waals surface area contributed by atoms with Crippen molar-refractivity contribution in [1.82, 2.24) is 19.9 Å². The molecule has 0 amide bonds. The Labute approximate surface area is 169 Å². The first kappa shape index (κ1) is 18.1. The number of hydrogen-bond acceptors (Lipinski definition) is 8. The summed E-state index contributed by atoms with van der Waals surface area (Å²) in [5.41, 5.74) is 3.00.